The minimum atomic E-state index is -0.159. The van der Waals surface area contributed by atoms with Gasteiger partial charge in [-0.1, -0.05) is 18.2 Å². The van der Waals surface area contributed by atoms with Gasteiger partial charge in [0.1, 0.15) is 0 Å². The average molecular weight is 334 g/mol. The maximum absolute atomic E-state index is 11.3. The molecule has 0 saturated heterocycles. The van der Waals surface area contributed by atoms with Crippen molar-refractivity contribution in [3.63, 3.8) is 0 Å². The molecular formula is C10H15IN4O. The van der Waals surface area contributed by atoms with Crippen LogP contribution in [0.25, 0.3) is 0 Å². The molecule has 1 rings (SSSR count). The molecule has 0 aliphatic rings. The number of hydrogen-bond acceptors (Lipinski definition) is 2. The van der Waals surface area contributed by atoms with Crippen molar-refractivity contribution in [1.29, 1.82) is 0 Å². The molecule has 6 heteroatoms. The number of nitrogens with one attached hydrogen (secondary N) is 2. The van der Waals surface area contributed by atoms with Gasteiger partial charge in [-0.15, -0.1) is 24.0 Å². The minimum Gasteiger partial charge on any atom is -0.370 e. The monoisotopic (exact) mass is 334 g/mol. The van der Waals surface area contributed by atoms with Crippen LogP contribution in [-0.2, 0) is 4.79 Å². The van der Waals surface area contributed by atoms with Crippen LogP contribution in [0.2, 0.25) is 0 Å². The zero-order valence-corrected chi connectivity index (χ0v) is 11.3. The second kappa shape index (κ2) is 7.91. The summed E-state index contributed by atoms with van der Waals surface area (Å²) < 4.78 is 0. The zero-order valence-electron chi connectivity index (χ0n) is 8.93. The Morgan fingerprint density at radius 2 is 2.00 bits per heavy atom. The fourth-order valence-corrected chi connectivity index (χ4v) is 0.977. The summed E-state index contributed by atoms with van der Waals surface area (Å²) in [5.41, 5.74) is 6.13. The molecular weight excluding hydrogens is 319 g/mol. The minimum absolute atomic E-state index is 0. The van der Waals surface area contributed by atoms with Gasteiger partial charge >= 0.3 is 0 Å². The highest BCUT2D eigenvalue weighted by Gasteiger charge is 2.01. The van der Waals surface area contributed by atoms with Crippen molar-refractivity contribution in [1.82, 2.24) is 5.32 Å². The van der Waals surface area contributed by atoms with Gasteiger partial charge in [0.2, 0.25) is 5.91 Å². The fourth-order valence-electron chi connectivity index (χ4n) is 0.977. The number of rotatable bonds is 3. The number of aliphatic imine (C=N–C) groups is 1. The van der Waals surface area contributed by atoms with E-state index in [0.29, 0.717) is 0 Å². The standard InChI is InChI=1S/C10H14N4O.HI/c1-12-10(11)13-7-9(15)14-8-5-3-2-4-6-8;/h2-6H,7H2,1H3,(H,14,15)(H3,11,12,13);1H. The molecule has 0 aliphatic carbocycles. The van der Waals surface area contributed by atoms with E-state index in [1.165, 1.54) is 0 Å². The van der Waals surface area contributed by atoms with Crippen LogP contribution in [0.3, 0.4) is 0 Å². The number of anilines is 1. The molecule has 0 saturated carbocycles. The molecule has 88 valence electrons. The number of nitrogens with zero attached hydrogens (tertiary/aromatic N) is 1. The first-order chi connectivity index (χ1) is 7.22. The van der Waals surface area contributed by atoms with E-state index in [0.717, 1.165) is 5.69 Å². The summed E-state index contributed by atoms with van der Waals surface area (Å²) >= 11 is 0. The Kier molecular flexibility index (Phi) is 7.27. The maximum atomic E-state index is 11.3. The van der Waals surface area contributed by atoms with Crippen LogP contribution in [0.4, 0.5) is 5.69 Å². The summed E-state index contributed by atoms with van der Waals surface area (Å²) in [6, 6.07) is 9.22. The van der Waals surface area contributed by atoms with Crippen LogP contribution in [-0.4, -0.2) is 25.5 Å². The number of guanidine groups is 1. The van der Waals surface area contributed by atoms with Crippen LogP contribution in [0.5, 0.6) is 0 Å². The van der Waals surface area contributed by atoms with E-state index >= 15 is 0 Å². The molecule has 0 heterocycles. The third-order valence-electron chi connectivity index (χ3n) is 1.73. The number of carbonyl (C=O) groups is 1. The highest BCUT2D eigenvalue weighted by molar-refractivity contribution is 14.0. The molecule has 0 spiro atoms. The molecule has 1 aromatic rings. The maximum Gasteiger partial charge on any atom is 0.243 e. The summed E-state index contributed by atoms with van der Waals surface area (Å²) in [5, 5.41) is 5.38. The summed E-state index contributed by atoms with van der Waals surface area (Å²) in [7, 11) is 1.55. The Bertz CT molecular complexity index is 353. The van der Waals surface area contributed by atoms with Crippen molar-refractivity contribution < 1.29 is 4.79 Å². The van der Waals surface area contributed by atoms with Crippen molar-refractivity contribution >= 4 is 41.5 Å². The largest absolute Gasteiger partial charge is 0.370 e. The van der Waals surface area contributed by atoms with Gasteiger partial charge in [-0.05, 0) is 12.1 Å². The lowest BCUT2D eigenvalue weighted by Gasteiger charge is -2.06. The first-order valence-electron chi connectivity index (χ1n) is 4.53. The van der Waals surface area contributed by atoms with Gasteiger partial charge in [0.25, 0.3) is 0 Å². The van der Waals surface area contributed by atoms with Gasteiger partial charge in [-0.2, -0.15) is 0 Å². The van der Waals surface area contributed by atoms with Gasteiger partial charge < -0.3 is 16.4 Å². The van der Waals surface area contributed by atoms with Gasteiger partial charge in [0.15, 0.2) is 5.96 Å². The Hall–Kier alpha value is -1.31. The van der Waals surface area contributed by atoms with Gasteiger partial charge in [-0.25, -0.2) is 0 Å². The summed E-state index contributed by atoms with van der Waals surface area (Å²) in [5.74, 6) is 0.0889. The van der Waals surface area contributed by atoms with E-state index in [4.69, 9.17) is 5.73 Å². The summed E-state index contributed by atoms with van der Waals surface area (Å²) in [6.07, 6.45) is 0. The van der Waals surface area contributed by atoms with Crippen LogP contribution < -0.4 is 16.4 Å². The molecule has 0 fully saturated rings. The molecule has 0 radical (unpaired) electrons. The lowest BCUT2D eigenvalue weighted by atomic mass is 10.3. The Labute approximate surface area is 112 Å². The van der Waals surface area contributed by atoms with E-state index in [1.54, 1.807) is 7.05 Å². The Morgan fingerprint density at radius 1 is 1.38 bits per heavy atom. The lowest BCUT2D eigenvalue weighted by Crippen LogP contribution is -2.37. The van der Waals surface area contributed by atoms with Gasteiger partial charge in [0, 0.05) is 12.7 Å². The van der Waals surface area contributed by atoms with E-state index in [9.17, 15) is 4.79 Å². The topological polar surface area (TPSA) is 79.5 Å². The Morgan fingerprint density at radius 3 is 2.56 bits per heavy atom. The molecule has 4 N–H and O–H groups in total. The Balaban J connectivity index is 0.00000225. The second-order valence-corrected chi connectivity index (χ2v) is 2.88. The van der Waals surface area contributed by atoms with Gasteiger partial charge in [0.05, 0.1) is 6.54 Å². The molecule has 0 aromatic heterocycles. The van der Waals surface area contributed by atoms with Gasteiger partial charge in [-0.3, -0.25) is 9.79 Å². The second-order valence-electron chi connectivity index (χ2n) is 2.88. The fraction of sp³-hybridized carbons (Fsp3) is 0.200. The predicted octanol–water partition coefficient (Wildman–Crippen LogP) is 0.777. The van der Waals surface area contributed by atoms with E-state index < -0.39 is 0 Å². The SMILES string of the molecule is CN=C(N)NCC(=O)Nc1ccccc1.I. The molecule has 1 amide bonds. The zero-order chi connectivity index (χ0) is 11.1. The summed E-state index contributed by atoms with van der Waals surface area (Å²) in [4.78, 5) is 15.0. The number of nitrogens with two attached hydrogens (primary N) is 1. The smallest absolute Gasteiger partial charge is 0.243 e. The van der Waals surface area contributed by atoms with Crippen LogP contribution in [0.15, 0.2) is 35.3 Å². The lowest BCUT2D eigenvalue weighted by molar-refractivity contribution is -0.115. The molecule has 0 atom stereocenters. The third-order valence-corrected chi connectivity index (χ3v) is 1.73. The van der Waals surface area contributed by atoms with Crippen molar-refractivity contribution in [2.24, 2.45) is 10.7 Å². The molecule has 16 heavy (non-hydrogen) atoms. The van der Waals surface area contributed by atoms with E-state index in [2.05, 4.69) is 15.6 Å². The van der Waals surface area contributed by atoms with Crippen molar-refractivity contribution in [2.45, 2.75) is 0 Å². The number of para-hydroxylation sites is 1. The summed E-state index contributed by atoms with van der Waals surface area (Å²) in [6.45, 7) is 0.109. The highest BCUT2D eigenvalue weighted by Crippen LogP contribution is 2.03. The molecule has 5 nitrogen and oxygen atoms in total. The molecule has 1 aromatic carbocycles. The first kappa shape index (κ1) is 14.7. The molecule has 0 aliphatic heterocycles. The van der Waals surface area contributed by atoms with Crippen molar-refractivity contribution in [2.75, 3.05) is 18.9 Å². The van der Waals surface area contributed by atoms with Crippen LogP contribution >= 0.6 is 24.0 Å². The number of benzene rings is 1. The number of carbonyl (C=O) groups excluding carboxylic acids is 1. The van der Waals surface area contributed by atoms with E-state index in [1.807, 2.05) is 30.3 Å². The first-order valence-corrected chi connectivity index (χ1v) is 4.53. The van der Waals surface area contributed by atoms with Crippen molar-refractivity contribution in [3.8, 4) is 0 Å². The van der Waals surface area contributed by atoms with E-state index in [-0.39, 0.29) is 42.4 Å². The third kappa shape index (κ3) is 5.54. The number of halogens is 1. The normalized spacial score (nSPS) is 10.2. The molecule has 0 unspecified atom stereocenters. The van der Waals surface area contributed by atoms with Crippen LogP contribution in [0.1, 0.15) is 0 Å². The molecule has 0 bridgehead atoms. The van der Waals surface area contributed by atoms with Crippen molar-refractivity contribution in [3.05, 3.63) is 30.3 Å². The number of hydrogen-bond donors (Lipinski definition) is 3. The average Bonchev–Trinajstić information content (AvgIpc) is 2.27. The number of amides is 1. The highest BCUT2D eigenvalue weighted by atomic mass is 127. The quantitative estimate of drug-likeness (QED) is 0.434. The predicted molar refractivity (Wildman–Crippen MR) is 76.0 cm³/mol. The van der Waals surface area contributed by atoms with Crippen LogP contribution in [0, 0.1) is 0 Å².